The summed E-state index contributed by atoms with van der Waals surface area (Å²) >= 11 is 0. The zero-order valence-electron chi connectivity index (χ0n) is 21.8. The second kappa shape index (κ2) is 12.0. The highest BCUT2D eigenvalue weighted by molar-refractivity contribution is 5.94. The van der Waals surface area contributed by atoms with E-state index in [1.165, 1.54) is 17.7 Å². The molecule has 198 valence electrons. The molecule has 1 aliphatic rings. The Morgan fingerprint density at radius 3 is 2.13 bits per heavy atom. The van der Waals surface area contributed by atoms with Gasteiger partial charge in [0.15, 0.2) is 0 Å². The van der Waals surface area contributed by atoms with Gasteiger partial charge in [-0.1, -0.05) is 73.2 Å². The van der Waals surface area contributed by atoms with Crippen LogP contribution in [0.3, 0.4) is 0 Å². The van der Waals surface area contributed by atoms with E-state index in [9.17, 15) is 14.3 Å². The van der Waals surface area contributed by atoms with Crippen LogP contribution < -0.4 is 15.2 Å². The van der Waals surface area contributed by atoms with Gasteiger partial charge in [0, 0.05) is 5.69 Å². The predicted molar refractivity (Wildman–Crippen MR) is 150 cm³/mol. The van der Waals surface area contributed by atoms with Gasteiger partial charge in [-0.3, -0.25) is 4.79 Å². The van der Waals surface area contributed by atoms with Crippen LogP contribution in [0, 0.1) is 17.7 Å². The fraction of sp³-hybridized carbons (Fsp3) is 0.206. The van der Waals surface area contributed by atoms with E-state index in [0.717, 1.165) is 12.0 Å². The van der Waals surface area contributed by atoms with E-state index in [1.807, 2.05) is 55.5 Å². The van der Waals surface area contributed by atoms with E-state index in [0.29, 0.717) is 35.6 Å². The molecule has 3 atom stereocenters. The molecule has 1 N–H and O–H groups in total. The number of halogens is 1. The topological polar surface area (TPSA) is 61.4 Å². The Labute approximate surface area is 228 Å². The highest BCUT2D eigenvalue weighted by Crippen LogP contribution is 2.42. The molecular formula is C34H31FNO3-. The Hall–Kier alpha value is -4.38. The number of ether oxygens (including phenoxy) is 1. The number of carbonyl (C=O) groups is 1. The maximum absolute atomic E-state index is 13.7. The number of nitrogens with one attached hydrogen (secondary N) is 1. The highest BCUT2D eigenvalue weighted by atomic mass is 19.1. The first-order valence-corrected chi connectivity index (χ1v) is 13.3. The van der Waals surface area contributed by atoms with Crippen molar-refractivity contribution in [1.82, 2.24) is 0 Å². The van der Waals surface area contributed by atoms with Crippen LogP contribution >= 0.6 is 0 Å². The van der Waals surface area contributed by atoms with Crippen molar-refractivity contribution in [2.24, 2.45) is 11.8 Å². The number of allylic oxidation sites excluding steroid dienone is 1. The third kappa shape index (κ3) is 6.55. The smallest absolute Gasteiger partial charge is 0.231 e. The molecule has 3 unspecified atom stereocenters. The van der Waals surface area contributed by atoms with Crippen LogP contribution in [0.5, 0.6) is 11.5 Å². The summed E-state index contributed by atoms with van der Waals surface area (Å²) in [7, 11) is 0. The molecule has 5 heteroatoms. The maximum Gasteiger partial charge on any atom is 0.231 e. The van der Waals surface area contributed by atoms with Crippen molar-refractivity contribution in [3.63, 3.8) is 0 Å². The van der Waals surface area contributed by atoms with Crippen LogP contribution in [-0.4, -0.2) is 5.91 Å². The van der Waals surface area contributed by atoms with E-state index < -0.39 is 5.92 Å². The van der Waals surface area contributed by atoms with Crippen molar-refractivity contribution in [3.8, 4) is 11.5 Å². The molecule has 4 aromatic rings. The Balaban J connectivity index is 1.33. The second-order valence-corrected chi connectivity index (χ2v) is 10.1. The summed E-state index contributed by atoms with van der Waals surface area (Å²) < 4.78 is 18.9. The number of rotatable bonds is 8. The molecule has 4 nitrogen and oxygen atoms in total. The summed E-state index contributed by atoms with van der Waals surface area (Å²) in [6.45, 7) is 1.92. The zero-order valence-corrected chi connectivity index (χ0v) is 21.8. The molecule has 0 heterocycles. The van der Waals surface area contributed by atoms with Crippen molar-refractivity contribution < 1.29 is 19.0 Å². The molecular weight excluding hydrogens is 489 g/mol. The fourth-order valence-corrected chi connectivity index (χ4v) is 5.30. The summed E-state index contributed by atoms with van der Waals surface area (Å²) in [4.78, 5) is 13.5. The van der Waals surface area contributed by atoms with Crippen LogP contribution in [0.2, 0.25) is 0 Å². The van der Waals surface area contributed by atoms with Gasteiger partial charge in [-0.05, 0) is 90.8 Å². The minimum atomic E-state index is -0.479. The van der Waals surface area contributed by atoms with Gasteiger partial charge in [0.2, 0.25) is 5.91 Å². The van der Waals surface area contributed by atoms with Crippen molar-refractivity contribution in [2.75, 3.05) is 5.32 Å². The van der Waals surface area contributed by atoms with E-state index in [4.69, 9.17) is 4.74 Å². The molecule has 39 heavy (non-hydrogen) atoms. The van der Waals surface area contributed by atoms with E-state index >= 15 is 0 Å². The minimum Gasteiger partial charge on any atom is -0.875 e. The van der Waals surface area contributed by atoms with Gasteiger partial charge in [-0.25, -0.2) is 4.39 Å². The standard InChI is InChI=1S/C34H32FNO3/c1-23(26-10-6-3-7-11-26)33(37)31-21-25(20-24-8-4-2-5-9-24)22-32(31)34(38)36-28-14-18-30(19-15-28)39-29-16-12-27(35)13-17-29/h2-19,23,25,32,37H,20-22H2,1H3,(H,36,38)/p-1. The monoisotopic (exact) mass is 520 g/mol. The summed E-state index contributed by atoms with van der Waals surface area (Å²) in [5.74, 6) is 0.0721. The van der Waals surface area contributed by atoms with Crippen LogP contribution in [-0.2, 0) is 11.2 Å². The molecule has 0 saturated heterocycles. The molecule has 1 aliphatic carbocycles. The van der Waals surface area contributed by atoms with Gasteiger partial charge in [-0.2, -0.15) is 0 Å². The number of anilines is 1. The van der Waals surface area contributed by atoms with Gasteiger partial charge < -0.3 is 15.2 Å². The van der Waals surface area contributed by atoms with Crippen LogP contribution in [0.4, 0.5) is 10.1 Å². The molecule has 1 saturated carbocycles. The lowest BCUT2D eigenvalue weighted by Gasteiger charge is -2.27. The maximum atomic E-state index is 13.7. The summed E-state index contributed by atoms with van der Waals surface area (Å²) in [6.07, 6.45) is 2.08. The third-order valence-electron chi connectivity index (χ3n) is 7.36. The SMILES string of the molecule is CC(C([O-])=C1CC(Cc2ccccc2)CC1C(=O)Nc1ccc(Oc2ccc(F)cc2)cc1)c1ccccc1. The van der Waals surface area contributed by atoms with Gasteiger partial charge in [0.05, 0.1) is 5.92 Å². The first kappa shape index (κ1) is 26.2. The van der Waals surface area contributed by atoms with E-state index in [2.05, 4.69) is 17.4 Å². The second-order valence-electron chi connectivity index (χ2n) is 10.1. The molecule has 0 aromatic heterocycles. The van der Waals surface area contributed by atoms with Crippen LogP contribution in [0.1, 0.15) is 36.8 Å². The van der Waals surface area contributed by atoms with Crippen molar-refractivity contribution in [2.45, 2.75) is 32.1 Å². The Morgan fingerprint density at radius 1 is 0.897 bits per heavy atom. The van der Waals surface area contributed by atoms with E-state index in [1.54, 1.807) is 36.4 Å². The van der Waals surface area contributed by atoms with Crippen molar-refractivity contribution in [3.05, 3.63) is 137 Å². The quantitative estimate of drug-likeness (QED) is 0.249. The third-order valence-corrected chi connectivity index (χ3v) is 7.36. The predicted octanol–water partition coefficient (Wildman–Crippen LogP) is 7.24. The number of benzene rings is 4. The Kier molecular flexibility index (Phi) is 8.07. The molecule has 5 rings (SSSR count). The first-order valence-electron chi connectivity index (χ1n) is 13.3. The first-order chi connectivity index (χ1) is 19.0. The van der Waals surface area contributed by atoms with Gasteiger partial charge in [0.1, 0.15) is 17.3 Å². The number of hydrogen-bond donors (Lipinski definition) is 1. The summed E-state index contributed by atoms with van der Waals surface area (Å²) in [5.41, 5.74) is 3.50. The molecule has 0 aliphatic heterocycles. The largest absolute Gasteiger partial charge is 0.875 e. The van der Waals surface area contributed by atoms with Gasteiger partial charge >= 0.3 is 0 Å². The average molecular weight is 521 g/mol. The number of carbonyl (C=O) groups excluding carboxylic acids is 1. The average Bonchev–Trinajstić information content (AvgIpc) is 3.39. The fourth-order valence-electron chi connectivity index (χ4n) is 5.30. The minimum absolute atomic E-state index is 0.0416. The molecule has 0 bridgehead atoms. The summed E-state index contributed by atoms with van der Waals surface area (Å²) in [6, 6.07) is 32.8. The molecule has 0 spiro atoms. The van der Waals surface area contributed by atoms with Crippen molar-refractivity contribution >= 4 is 11.6 Å². The normalized spacial score (nSPS) is 18.8. The van der Waals surface area contributed by atoms with Crippen LogP contribution in [0.15, 0.2) is 121 Å². The molecule has 1 fully saturated rings. The van der Waals surface area contributed by atoms with Crippen LogP contribution in [0.25, 0.3) is 0 Å². The van der Waals surface area contributed by atoms with Gasteiger partial charge in [-0.15, -0.1) is 5.76 Å². The Morgan fingerprint density at radius 2 is 1.49 bits per heavy atom. The van der Waals surface area contributed by atoms with Crippen molar-refractivity contribution in [1.29, 1.82) is 0 Å². The number of hydrogen-bond acceptors (Lipinski definition) is 3. The molecule has 0 radical (unpaired) electrons. The molecule has 4 aromatic carbocycles. The zero-order chi connectivity index (χ0) is 27.2. The lowest BCUT2D eigenvalue weighted by Crippen LogP contribution is -2.25. The number of amides is 1. The Bertz CT molecular complexity index is 1420. The van der Waals surface area contributed by atoms with Gasteiger partial charge in [0.25, 0.3) is 0 Å². The lowest BCUT2D eigenvalue weighted by atomic mass is 9.91. The van der Waals surface area contributed by atoms with E-state index in [-0.39, 0.29) is 29.3 Å². The highest BCUT2D eigenvalue weighted by Gasteiger charge is 2.35. The summed E-state index contributed by atoms with van der Waals surface area (Å²) in [5, 5.41) is 16.7. The molecule has 1 amide bonds. The lowest BCUT2D eigenvalue weighted by molar-refractivity contribution is -0.311.